The summed E-state index contributed by atoms with van der Waals surface area (Å²) in [5.41, 5.74) is 9.35. The smallest absolute Gasteiger partial charge is 0.340 e. The summed E-state index contributed by atoms with van der Waals surface area (Å²) >= 11 is 0. The Labute approximate surface area is 498 Å². The van der Waals surface area contributed by atoms with Crippen LogP contribution in [0.2, 0.25) is 0 Å². The highest BCUT2D eigenvalue weighted by Gasteiger charge is 2.69. The summed E-state index contributed by atoms with van der Waals surface area (Å²) in [4.78, 5) is 30.8. The van der Waals surface area contributed by atoms with E-state index in [1.54, 1.807) is 6.07 Å². The zero-order valence-corrected chi connectivity index (χ0v) is 49.9. The number of piperidine rings is 1. The summed E-state index contributed by atoms with van der Waals surface area (Å²) < 4.78 is 13.6. The van der Waals surface area contributed by atoms with Crippen LogP contribution in [0.3, 0.4) is 0 Å². The molecule has 4 aromatic rings. The van der Waals surface area contributed by atoms with Gasteiger partial charge < -0.3 is 46.1 Å². The number of nitrogens with one attached hydrogen (secondary N) is 4. The number of benzene rings is 4. The molecule has 7 N–H and O–H groups in total. The highest BCUT2D eigenvalue weighted by atomic mass is 16.6. The van der Waals surface area contributed by atoms with Gasteiger partial charge in [0, 0.05) is 36.2 Å². The lowest BCUT2D eigenvalue weighted by Crippen LogP contribution is -2.52. The lowest BCUT2D eigenvalue weighted by atomic mass is 9.44. The average Bonchev–Trinajstić information content (AvgIpc) is 1.56. The molecule has 15 rings (SSSR count). The van der Waals surface area contributed by atoms with Crippen molar-refractivity contribution in [3.05, 3.63) is 165 Å². The molecule has 2 saturated heterocycles. The zero-order valence-electron chi connectivity index (χ0n) is 49.9. The number of ether oxygens (including phenoxy) is 2. The van der Waals surface area contributed by atoms with Gasteiger partial charge in [0.15, 0.2) is 0 Å². The van der Waals surface area contributed by atoms with Crippen LogP contribution in [0, 0.1) is 52.3 Å². The van der Waals surface area contributed by atoms with Crippen molar-refractivity contribution in [2.45, 2.75) is 166 Å². The second-order valence-electron chi connectivity index (χ2n) is 27.3. The number of phenolic OH excluding ortho intramolecular Hbond substituents is 1. The average molecular weight is 1140 g/mol. The van der Waals surface area contributed by atoms with Crippen molar-refractivity contribution in [3.8, 4) is 16.9 Å². The van der Waals surface area contributed by atoms with Crippen LogP contribution in [-0.2, 0) is 38.4 Å². The molecule has 0 unspecified atom stereocenters. The van der Waals surface area contributed by atoms with Gasteiger partial charge in [0.05, 0.1) is 28.9 Å². The van der Waals surface area contributed by atoms with Crippen molar-refractivity contribution in [2.75, 3.05) is 26.7 Å². The molecule has 11 nitrogen and oxygen atoms in total. The molecule has 3 saturated carbocycles. The molecule has 84 heavy (non-hydrogen) atoms. The molecule has 6 aliphatic carbocycles. The van der Waals surface area contributed by atoms with Gasteiger partial charge in [-0.3, -0.25) is 0 Å². The third kappa shape index (κ3) is 10.8. The van der Waals surface area contributed by atoms with Crippen molar-refractivity contribution in [3.63, 3.8) is 0 Å². The van der Waals surface area contributed by atoms with Gasteiger partial charge in [0.2, 0.25) is 0 Å². The molecule has 14 bridgehead atoms. The van der Waals surface area contributed by atoms with Crippen molar-refractivity contribution in [1.29, 1.82) is 0 Å². The van der Waals surface area contributed by atoms with E-state index < -0.39 is 17.1 Å². The number of cyclic esters (lactones) is 1. The predicted molar refractivity (Wildman–Crippen MR) is 330 cm³/mol. The van der Waals surface area contributed by atoms with Crippen LogP contribution < -0.4 is 21.3 Å². The van der Waals surface area contributed by atoms with Gasteiger partial charge in [0.25, 0.3) is 0 Å². The monoisotopic (exact) mass is 1130 g/mol. The number of phenols is 1. The van der Waals surface area contributed by atoms with Gasteiger partial charge >= 0.3 is 11.9 Å². The van der Waals surface area contributed by atoms with E-state index in [0.717, 1.165) is 155 Å². The first kappa shape index (κ1) is 57.4. The molecule has 12 atom stereocenters. The Kier molecular flexibility index (Phi) is 16.3. The minimum atomic E-state index is -0.913. The van der Waals surface area contributed by atoms with Gasteiger partial charge in [-0.1, -0.05) is 105 Å². The number of esters is 2. The number of hydrogen-bond acceptors (Lipinski definition) is 11. The van der Waals surface area contributed by atoms with Crippen LogP contribution in [0.5, 0.6) is 5.75 Å². The minimum Gasteiger partial charge on any atom is -0.508 e. The van der Waals surface area contributed by atoms with Crippen LogP contribution in [0.4, 0.5) is 0 Å². The summed E-state index contributed by atoms with van der Waals surface area (Å²) in [5, 5.41) is 49.9. The van der Waals surface area contributed by atoms with Crippen molar-refractivity contribution in [1.82, 2.24) is 21.3 Å². The van der Waals surface area contributed by atoms with Gasteiger partial charge in [-0.25, -0.2) is 9.59 Å². The standard InChI is InChI=1S/C73H90N4O7/c1-4-46(35-47-13-7-5-8-14-47)38-62-73-32-24-56-57-21-22-58-61(83-69(80)65(58)66(57)73)25-30-71(53-27-34-76-63(39-53)74-3)41-52(23-31-72(82)28-9-6-10-29-72)60(42-71)68(77-43-45(2)78)51-18-11-15-48(36-51)26-33-75-44-49-16-12-17-50(37-49)55-20-19-54(79)40-59(55)64(56)67(73)70(81)84-62/h5,7-8,11-20,25,36-38,40,45-46,52-53,56-57,60,63,66,68,74-79,82H,4,6,9-10,21-24,26-35,39,41-44H2,1-3H3/b61-25?,62-38-/t45-,46-,52-,53+,56+,57-,60+,63-,66+,68+,71-,73+/m0/s1. The van der Waals surface area contributed by atoms with Crippen LogP contribution >= 0.6 is 0 Å². The second-order valence-corrected chi connectivity index (χ2v) is 27.3. The van der Waals surface area contributed by atoms with Crippen molar-refractivity contribution >= 4 is 17.5 Å². The normalized spacial score (nSPS) is 32.1. The van der Waals surface area contributed by atoms with E-state index in [1.165, 1.54) is 23.1 Å². The molecule has 0 aromatic heterocycles. The number of rotatable bonds is 12. The molecule has 0 amide bonds. The summed E-state index contributed by atoms with van der Waals surface area (Å²) in [5.74, 6) is 1.48. The molecule has 444 valence electrons. The summed E-state index contributed by atoms with van der Waals surface area (Å²) in [6, 6.07) is 34.0. The molecular weight excluding hydrogens is 1040 g/mol. The van der Waals surface area contributed by atoms with Gasteiger partial charge in [-0.2, -0.15) is 0 Å². The molecule has 11 aliphatic rings. The summed E-state index contributed by atoms with van der Waals surface area (Å²) in [6.45, 7) is 6.91. The van der Waals surface area contributed by atoms with Crippen LogP contribution in [0.25, 0.3) is 16.7 Å². The van der Waals surface area contributed by atoms with E-state index >= 15 is 9.59 Å². The molecule has 0 radical (unpaired) electrons. The first-order valence-corrected chi connectivity index (χ1v) is 32.5. The SMILES string of the molecule is CC[C@H](/C=C1\OC(=O)C2=C3c4cc(O)ccc4-c4cccc(c4)CNCCc4cccc(c4)[C@@H](NC[C@H](C)O)[C@@H]4C[C@]([C@@H]5CCN[C@H](NC)C5)(CC=C5OC(=O)C6=C5CC[C@H]5[C@H]3CC[C@@]21[C@@H]65)C[C@@H]4CCC1(O)CCCCC1)Cc1ccccc1. The number of fused-ring (bicyclic) bond motifs is 5. The highest BCUT2D eigenvalue weighted by molar-refractivity contribution is 6.07. The quantitative estimate of drug-likeness (QED) is 0.0677. The van der Waals surface area contributed by atoms with Crippen LogP contribution in [0.15, 0.2) is 137 Å². The van der Waals surface area contributed by atoms with Gasteiger partial charge in [0.1, 0.15) is 17.3 Å². The van der Waals surface area contributed by atoms with Gasteiger partial charge in [-0.15, -0.1) is 0 Å². The van der Waals surface area contributed by atoms with E-state index in [4.69, 9.17) is 9.47 Å². The molecule has 4 aromatic carbocycles. The van der Waals surface area contributed by atoms with E-state index in [9.17, 15) is 15.3 Å². The molecule has 1 spiro atoms. The van der Waals surface area contributed by atoms with E-state index in [-0.39, 0.29) is 64.9 Å². The topological polar surface area (TPSA) is 161 Å². The molecule has 5 aliphatic heterocycles. The second kappa shape index (κ2) is 23.9. The number of carbonyl (C=O) groups is 2. The lowest BCUT2D eigenvalue weighted by Gasteiger charge is -2.56. The maximum absolute atomic E-state index is 15.4. The molecule has 5 fully saturated rings. The lowest BCUT2D eigenvalue weighted by molar-refractivity contribution is -0.135. The number of allylic oxidation sites excluding steroid dienone is 5. The fraction of sp³-hybridized carbons (Fsp3) is 0.534. The Hall–Kier alpha value is -5.66. The van der Waals surface area contributed by atoms with Crippen molar-refractivity contribution < 1.29 is 34.4 Å². The molecule has 11 heteroatoms. The summed E-state index contributed by atoms with van der Waals surface area (Å²) in [7, 11) is 2.06. The Bertz CT molecular complexity index is 3250. The molecule has 5 heterocycles. The first-order chi connectivity index (χ1) is 40.9. The fourth-order valence-electron chi connectivity index (χ4n) is 18.4. The number of aliphatic hydroxyl groups excluding tert-OH is 1. The minimum absolute atomic E-state index is 0.0225. The number of carbonyl (C=O) groups excluding carboxylic acids is 2. The molecular formula is C73H90N4O7. The Morgan fingerprint density at radius 1 is 0.821 bits per heavy atom. The predicted octanol–water partition coefficient (Wildman–Crippen LogP) is 12.5. The van der Waals surface area contributed by atoms with Crippen molar-refractivity contribution in [2.24, 2.45) is 52.3 Å². The maximum Gasteiger partial charge on any atom is 0.340 e. The third-order valence-electron chi connectivity index (χ3n) is 22.4. The third-order valence-corrected chi connectivity index (χ3v) is 22.4. The Morgan fingerprint density at radius 3 is 2.48 bits per heavy atom. The number of aromatic hydroxyl groups is 1. The maximum atomic E-state index is 15.4. The van der Waals surface area contributed by atoms with Crippen LogP contribution in [0.1, 0.15) is 157 Å². The van der Waals surface area contributed by atoms with Gasteiger partial charge in [-0.05, 0) is 246 Å². The Morgan fingerprint density at radius 2 is 1.65 bits per heavy atom. The van der Waals surface area contributed by atoms with E-state index in [0.29, 0.717) is 54.9 Å². The van der Waals surface area contributed by atoms with Crippen LogP contribution in [-0.4, -0.2) is 71.8 Å². The number of hydrogen-bond donors (Lipinski definition) is 7. The Balaban J connectivity index is 0.982. The van der Waals surface area contributed by atoms with E-state index in [1.807, 2.05) is 25.1 Å². The summed E-state index contributed by atoms with van der Waals surface area (Å²) in [6.07, 6.45) is 21.2. The first-order valence-electron chi connectivity index (χ1n) is 32.5. The fourth-order valence-corrected chi connectivity index (χ4v) is 18.4. The highest BCUT2D eigenvalue weighted by Crippen LogP contribution is 2.72. The number of aliphatic hydroxyl groups is 2. The largest absolute Gasteiger partial charge is 0.508 e. The van der Waals surface area contributed by atoms with E-state index in [2.05, 4.69) is 120 Å². The zero-order chi connectivity index (χ0) is 57.7.